The normalized spacial score (nSPS) is 39.8. The maximum Gasteiger partial charge on any atom is 0.0170 e. The van der Waals surface area contributed by atoms with E-state index >= 15 is 0 Å². The molecule has 6 aliphatic rings. The Balaban J connectivity index is 1.50. The highest BCUT2D eigenvalue weighted by Gasteiger charge is 2.84. The Kier molecular flexibility index (Phi) is 6.65. The Hall–Kier alpha value is -3.90. The summed E-state index contributed by atoms with van der Waals surface area (Å²) in [5.41, 5.74) is 13.2. The SMILES string of the molecule is CC1=C(C2=CC=CC2)C(=C(c2ccc(C)cc2)c2ccc(C)cc2)C=C2CC3(C)C4(C)C=CC=CC4(C)C4(C)C=CC=CC4(C)C3(C)C21C. The molecule has 0 amide bonds. The number of hydrogen-bond donors (Lipinski definition) is 0. The van der Waals surface area contributed by atoms with Gasteiger partial charge in [0.05, 0.1) is 0 Å². The molecule has 7 unspecified atom stereocenters. The summed E-state index contributed by atoms with van der Waals surface area (Å²) >= 11 is 0. The van der Waals surface area contributed by atoms with Crippen molar-refractivity contribution in [3.05, 3.63) is 172 Å². The van der Waals surface area contributed by atoms with Gasteiger partial charge in [-0.2, -0.15) is 0 Å². The van der Waals surface area contributed by atoms with Gasteiger partial charge in [0, 0.05) is 27.1 Å². The van der Waals surface area contributed by atoms with Crippen molar-refractivity contribution in [2.24, 2.45) is 37.9 Å². The third-order valence-corrected chi connectivity index (χ3v) is 16.4. The topological polar surface area (TPSA) is 0 Å². The molecule has 0 N–H and O–H groups in total. The van der Waals surface area contributed by atoms with Crippen LogP contribution in [0.3, 0.4) is 0 Å². The molecule has 2 aromatic carbocycles. The zero-order valence-electron chi connectivity index (χ0n) is 31.5. The van der Waals surface area contributed by atoms with Crippen molar-refractivity contribution in [1.29, 1.82) is 0 Å². The molecule has 6 aliphatic carbocycles. The minimum Gasteiger partial charge on any atom is -0.0801 e. The summed E-state index contributed by atoms with van der Waals surface area (Å²) in [6, 6.07) is 18.5. The zero-order valence-corrected chi connectivity index (χ0v) is 31.5. The summed E-state index contributed by atoms with van der Waals surface area (Å²) in [4.78, 5) is 0. The second-order valence-electron chi connectivity index (χ2n) is 17.5. The summed E-state index contributed by atoms with van der Waals surface area (Å²) < 4.78 is 0. The van der Waals surface area contributed by atoms with Crippen LogP contribution in [0.4, 0.5) is 0 Å². The molecule has 0 saturated heterocycles. The lowest BCUT2D eigenvalue weighted by molar-refractivity contribution is -0.261. The van der Waals surface area contributed by atoms with E-state index in [1.165, 1.54) is 50.1 Å². The van der Waals surface area contributed by atoms with Crippen molar-refractivity contribution in [3.8, 4) is 0 Å². The van der Waals surface area contributed by atoms with Crippen LogP contribution < -0.4 is 0 Å². The van der Waals surface area contributed by atoms with Gasteiger partial charge in [-0.1, -0.05) is 192 Å². The van der Waals surface area contributed by atoms with E-state index in [1.807, 2.05) is 0 Å². The van der Waals surface area contributed by atoms with E-state index in [9.17, 15) is 0 Å². The van der Waals surface area contributed by atoms with Crippen LogP contribution in [0, 0.1) is 51.8 Å². The Morgan fingerprint density at radius 2 is 1.06 bits per heavy atom. The van der Waals surface area contributed by atoms with Gasteiger partial charge in [0.25, 0.3) is 0 Å². The van der Waals surface area contributed by atoms with Crippen molar-refractivity contribution in [2.75, 3.05) is 0 Å². The zero-order chi connectivity index (χ0) is 34.8. The molecule has 8 rings (SSSR count). The first kappa shape index (κ1) is 32.3. The Morgan fingerprint density at radius 1 is 0.571 bits per heavy atom. The van der Waals surface area contributed by atoms with Crippen LogP contribution >= 0.6 is 0 Å². The van der Waals surface area contributed by atoms with Gasteiger partial charge in [0.1, 0.15) is 0 Å². The highest BCUT2D eigenvalue weighted by molar-refractivity contribution is 5.89. The van der Waals surface area contributed by atoms with E-state index in [0.29, 0.717) is 0 Å². The Labute approximate surface area is 296 Å². The first-order chi connectivity index (χ1) is 23.1. The summed E-state index contributed by atoms with van der Waals surface area (Å²) in [5, 5.41) is 0. The van der Waals surface area contributed by atoms with Crippen molar-refractivity contribution in [3.63, 3.8) is 0 Å². The number of fused-ring (bicyclic) bond motifs is 8. The number of allylic oxidation sites excluding steroid dienone is 17. The van der Waals surface area contributed by atoms with Gasteiger partial charge in [-0.25, -0.2) is 0 Å². The highest BCUT2D eigenvalue weighted by atomic mass is 14.9. The molecule has 7 atom stereocenters. The number of aryl methyl sites for hydroxylation is 2. The lowest BCUT2D eigenvalue weighted by atomic mass is 9.24. The molecule has 2 saturated carbocycles. The molecular weight excluding hydrogens is 589 g/mol. The van der Waals surface area contributed by atoms with Gasteiger partial charge >= 0.3 is 0 Å². The van der Waals surface area contributed by atoms with Crippen molar-refractivity contribution in [2.45, 2.75) is 82.1 Å². The molecule has 0 aromatic heterocycles. The third kappa shape index (κ3) is 3.52. The number of benzene rings is 2. The molecule has 2 fully saturated rings. The predicted molar refractivity (Wildman–Crippen MR) is 209 cm³/mol. The monoisotopic (exact) mass is 642 g/mol. The molecule has 0 heteroatoms. The molecule has 0 spiro atoms. The van der Waals surface area contributed by atoms with Crippen molar-refractivity contribution >= 4 is 5.57 Å². The fourth-order valence-corrected chi connectivity index (χ4v) is 12.6. The summed E-state index contributed by atoms with van der Waals surface area (Å²) in [5.74, 6) is 0. The van der Waals surface area contributed by atoms with Crippen molar-refractivity contribution < 1.29 is 0 Å². The fraction of sp³-hybridized carbons (Fsp3) is 0.388. The van der Waals surface area contributed by atoms with Crippen LogP contribution in [0.1, 0.15) is 90.5 Å². The van der Waals surface area contributed by atoms with Gasteiger partial charge < -0.3 is 0 Å². The smallest absolute Gasteiger partial charge is 0.0170 e. The average molecular weight is 643 g/mol. The van der Waals surface area contributed by atoms with Gasteiger partial charge in [-0.3, -0.25) is 0 Å². The molecule has 2 aromatic rings. The number of rotatable bonds is 3. The minimum absolute atomic E-state index is 0.0433. The first-order valence-corrected chi connectivity index (χ1v) is 18.5. The summed E-state index contributed by atoms with van der Waals surface area (Å²) in [6.07, 6.45) is 31.5. The van der Waals surface area contributed by atoms with Crippen LogP contribution in [0.25, 0.3) is 5.57 Å². The lowest BCUT2D eigenvalue weighted by Crippen LogP contribution is -2.74. The maximum absolute atomic E-state index is 2.70. The Morgan fingerprint density at radius 3 is 1.57 bits per heavy atom. The van der Waals surface area contributed by atoms with E-state index in [2.05, 4.69) is 191 Å². The summed E-state index contributed by atoms with van der Waals surface area (Å²) in [6.45, 7) is 25.3. The largest absolute Gasteiger partial charge is 0.0801 e. The molecular formula is C49H54. The number of hydrogen-bond acceptors (Lipinski definition) is 0. The predicted octanol–water partition coefficient (Wildman–Crippen LogP) is 13.0. The average Bonchev–Trinajstić information content (AvgIpc) is 3.67. The maximum atomic E-state index is 2.70. The van der Waals surface area contributed by atoms with Gasteiger partial charge in [0.15, 0.2) is 0 Å². The van der Waals surface area contributed by atoms with Crippen LogP contribution in [0.15, 0.2) is 149 Å². The molecule has 0 aliphatic heterocycles. The second-order valence-corrected chi connectivity index (χ2v) is 17.5. The third-order valence-electron chi connectivity index (χ3n) is 16.4. The van der Waals surface area contributed by atoms with Gasteiger partial charge in [-0.05, 0) is 77.9 Å². The minimum atomic E-state index is -0.166. The van der Waals surface area contributed by atoms with Crippen LogP contribution in [0.5, 0.6) is 0 Å². The molecule has 0 bridgehead atoms. The molecule has 49 heavy (non-hydrogen) atoms. The first-order valence-electron chi connectivity index (χ1n) is 18.5. The van der Waals surface area contributed by atoms with E-state index < -0.39 is 0 Å². The quantitative estimate of drug-likeness (QED) is 0.312. The highest BCUT2D eigenvalue weighted by Crippen LogP contribution is 2.90. The van der Waals surface area contributed by atoms with Gasteiger partial charge in [-0.15, -0.1) is 0 Å². The molecule has 0 nitrogen and oxygen atoms in total. The van der Waals surface area contributed by atoms with Crippen molar-refractivity contribution in [1.82, 2.24) is 0 Å². The molecule has 0 heterocycles. The van der Waals surface area contributed by atoms with Crippen LogP contribution in [-0.2, 0) is 0 Å². The van der Waals surface area contributed by atoms with Crippen LogP contribution in [0.2, 0.25) is 0 Å². The van der Waals surface area contributed by atoms with E-state index in [0.717, 1.165) is 12.8 Å². The molecule has 0 radical (unpaired) electrons. The van der Waals surface area contributed by atoms with E-state index in [4.69, 9.17) is 0 Å². The fourth-order valence-electron chi connectivity index (χ4n) is 12.6. The second kappa shape index (κ2) is 10.1. The van der Waals surface area contributed by atoms with Gasteiger partial charge in [0.2, 0.25) is 0 Å². The molecule has 250 valence electrons. The Bertz CT molecular complexity index is 2020. The standard InChI is InChI=1S/C49H54/c1-33-19-23-37(24-20-33)42(38-25-21-34(2)22-26-38)40-31-39-32-47(8)45(6)29-14-13-27-43(45,4)44(5)28-15-16-30-46(44,7)49(47,10)48(39,9)35(3)41(40)36-17-11-12-18-36/h11-17,19-31H,18,32H2,1-10H3. The summed E-state index contributed by atoms with van der Waals surface area (Å²) in [7, 11) is 0. The van der Waals surface area contributed by atoms with E-state index in [-0.39, 0.29) is 37.9 Å². The lowest BCUT2D eigenvalue weighted by Gasteiger charge is -2.79. The van der Waals surface area contributed by atoms with Crippen LogP contribution in [-0.4, -0.2) is 0 Å². The van der Waals surface area contributed by atoms with E-state index in [1.54, 1.807) is 5.57 Å².